The number of benzene rings is 1. The van der Waals surface area contributed by atoms with Crippen LogP contribution in [0.2, 0.25) is 0 Å². The van der Waals surface area contributed by atoms with E-state index in [0.29, 0.717) is 19.4 Å². The van der Waals surface area contributed by atoms with Crippen LogP contribution in [0.3, 0.4) is 0 Å². The molecule has 0 atom stereocenters. The number of ketones is 1. The lowest BCUT2D eigenvalue weighted by Gasteiger charge is -2.02. The predicted octanol–water partition coefficient (Wildman–Crippen LogP) is 2.67. The lowest BCUT2D eigenvalue weighted by molar-refractivity contribution is -0.144. The molecule has 0 aliphatic carbocycles. The maximum absolute atomic E-state index is 12.9. The quantitative estimate of drug-likeness (QED) is 0.701. The lowest BCUT2D eigenvalue weighted by Crippen LogP contribution is -2.08. The van der Waals surface area contributed by atoms with E-state index in [1.54, 1.807) is 19.1 Å². The van der Waals surface area contributed by atoms with Crippen molar-refractivity contribution in [1.29, 1.82) is 0 Å². The van der Waals surface area contributed by atoms with Crippen LogP contribution in [-0.2, 0) is 20.7 Å². The first-order chi connectivity index (χ1) is 8.61. The summed E-state index contributed by atoms with van der Waals surface area (Å²) in [5.41, 5.74) is 0.791. The molecule has 1 rings (SSSR count). The molecule has 0 saturated carbocycles. The Balaban J connectivity index is 2.27. The van der Waals surface area contributed by atoms with Crippen molar-refractivity contribution in [2.75, 3.05) is 6.61 Å². The summed E-state index contributed by atoms with van der Waals surface area (Å²) in [7, 11) is 0. The van der Waals surface area contributed by atoms with Gasteiger partial charge in [-0.15, -0.1) is 0 Å². The fourth-order valence-corrected chi connectivity index (χ4v) is 1.58. The Bertz CT molecular complexity index is 415. The van der Waals surface area contributed by atoms with Crippen LogP contribution >= 0.6 is 0 Å². The average Bonchev–Trinajstić information content (AvgIpc) is 2.34. The highest BCUT2D eigenvalue weighted by molar-refractivity contribution is 5.83. The molecular formula is C14H17FO3. The minimum Gasteiger partial charge on any atom is -0.466 e. The monoisotopic (exact) mass is 252 g/mol. The number of Topliss-reactive ketones (excluding diaryl/α,β-unsaturated/α-hetero) is 1. The Kier molecular flexibility index (Phi) is 6.05. The third-order valence-corrected chi connectivity index (χ3v) is 2.49. The molecule has 4 heteroatoms. The van der Waals surface area contributed by atoms with E-state index in [1.165, 1.54) is 12.1 Å². The summed E-state index contributed by atoms with van der Waals surface area (Å²) < 4.78 is 17.6. The number of ether oxygens (including phenoxy) is 1. The smallest absolute Gasteiger partial charge is 0.306 e. The molecule has 0 aromatic heterocycles. The first kappa shape index (κ1) is 14.4. The van der Waals surface area contributed by atoms with Crippen molar-refractivity contribution in [1.82, 2.24) is 0 Å². The van der Waals surface area contributed by atoms with Crippen LogP contribution in [-0.4, -0.2) is 18.4 Å². The Labute approximate surface area is 106 Å². The highest BCUT2D eigenvalue weighted by Gasteiger charge is 2.08. The molecule has 18 heavy (non-hydrogen) atoms. The summed E-state index contributed by atoms with van der Waals surface area (Å²) in [6.07, 6.45) is 1.13. The van der Waals surface area contributed by atoms with Crippen molar-refractivity contribution in [3.63, 3.8) is 0 Å². The number of rotatable bonds is 7. The van der Waals surface area contributed by atoms with Crippen LogP contribution in [0.25, 0.3) is 0 Å². The van der Waals surface area contributed by atoms with Gasteiger partial charge < -0.3 is 4.74 Å². The van der Waals surface area contributed by atoms with Crippen LogP contribution in [0, 0.1) is 5.82 Å². The van der Waals surface area contributed by atoms with Crippen molar-refractivity contribution in [3.8, 4) is 0 Å². The minimum atomic E-state index is -0.350. The number of carbonyl (C=O) groups excluding carboxylic acids is 2. The molecule has 0 unspecified atom stereocenters. The van der Waals surface area contributed by atoms with Gasteiger partial charge in [-0.2, -0.15) is 0 Å². The van der Waals surface area contributed by atoms with Gasteiger partial charge in [0, 0.05) is 12.8 Å². The van der Waals surface area contributed by atoms with E-state index in [4.69, 9.17) is 4.74 Å². The fraction of sp³-hybridized carbons (Fsp3) is 0.429. The molecule has 1 aromatic carbocycles. The molecule has 0 radical (unpaired) electrons. The standard InChI is InChI=1S/C14H17FO3/c1-2-18-14(17)9-8-13(16)7-6-11-4-3-5-12(15)10-11/h3-5,10H,2,6-9H2,1H3. The number of esters is 1. The SMILES string of the molecule is CCOC(=O)CCC(=O)CCc1cccc(F)c1. The zero-order chi connectivity index (χ0) is 13.4. The van der Waals surface area contributed by atoms with Gasteiger partial charge in [0.1, 0.15) is 11.6 Å². The highest BCUT2D eigenvalue weighted by Crippen LogP contribution is 2.08. The molecule has 0 spiro atoms. The summed E-state index contributed by atoms with van der Waals surface area (Å²) in [6.45, 7) is 2.06. The number of aryl methyl sites for hydroxylation is 1. The molecule has 0 amide bonds. The summed E-state index contributed by atoms with van der Waals surface area (Å²) in [5, 5.41) is 0. The molecule has 1 aromatic rings. The first-order valence-electron chi connectivity index (χ1n) is 6.03. The Morgan fingerprint density at radius 3 is 2.67 bits per heavy atom. The molecule has 0 aliphatic rings. The van der Waals surface area contributed by atoms with Crippen molar-refractivity contribution in [3.05, 3.63) is 35.6 Å². The van der Waals surface area contributed by atoms with Crippen molar-refractivity contribution in [2.24, 2.45) is 0 Å². The summed E-state index contributed by atoms with van der Waals surface area (Å²) in [4.78, 5) is 22.6. The molecule has 0 fully saturated rings. The average molecular weight is 252 g/mol. The first-order valence-corrected chi connectivity index (χ1v) is 6.03. The van der Waals surface area contributed by atoms with Crippen molar-refractivity contribution >= 4 is 11.8 Å². The van der Waals surface area contributed by atoms with Crippen molar-refractivity contribution < 1.29 is 18.7 Å². The molecule has 3 nitrogen and oxygen atoms in total. The van der Waals surface area contributed by atoms with Crippen LogP contribution in [0.1, 0.15) is 31.7 Å². The number of hydrogen-bond donors (Lipinski definition) is 0. The van der Waals surface area contributed by atoms with Crippen LogP contribution in [0.5, 0.6) is 0 Å². The van der Waals surface area contributed by atoms with Crippen LogP contribution in [0.4, 0.5) is 4.39 Å². The molecule has 0 saturated heterocycles. The van der Waals surface area contributed by atoms with E-state index in [0.717, 1.165) is 5.56 Å². The molecule has 0 bridgehead atoms. The van der Waals surface area contributed by atoms with Gasteiger partial charge in [-0.25, -0.2) is 4.39 Å². The third-order valence-electron chi connectivity index (χ3n) is 2.49. The normalized spacial score (nSPS) is 10.1. The second kappa shape index (κ2) is 7.58. The highest BCUT2D eigenvalue weighted by atomic mass is 19.1. The van der Waals surface area contributed by atoms with Gasteiger partial charge in [-0.05, 0) is 31.0 Å². The number of carbonyl (C=O) groups is 2. The minimum absolute atomic E-state index is 0.00712. The molecule has 0 N–H and O–H groups in total. The Morgan fingerprint density at radius 1 is 1.22 bits per heavy atom. The van der Waals surface area contributed by atoms with Gasteiger partial charge in [0.15, 0.2) is 0 Å². The van der Waals surface area contributed by atoms with Gasteiger partial charge in [-0.1, -0.05) is 12.1 Å². The van der Waals surface area contributed by atoms with Gasteiger partial charge in [0.25, 0.3) is 0 Å². The molecule has 0 aliphatic heterocycles. The second-order valence-electron chi connectivity index (χ2n) is 3.97. The van der Waals surface area contributed by atoms with E-state index >= 15 is 0 Å². The largest absolute Gasteiger partial charge is 0.466 e. The topological polar surface area (TPSA) is 43.4 Å². The number of halogens is 1. The van der Waals surface area contributed by atoms with Gasteiger partial charge in [-0.3, -0.25) is 9.59 Å². The zero-order valence-electron chi connectivity index (χ0n) is 10.4. The predicted molar refractivity (Wildman–Crippen MR) is 65.6 cm³/mol. The van der Waals surface area contributed by atoms with E-state index < -0.39 is 0 Å². The van der Waals surface area contributed by atoms with Gasteiger partial charge in [0.05, 0.1) is 13.0 Å². The summed E-state index contributed by atoms with van der Waals surface area (Å²) in [5.74, 6) is -0.657. The number of hydrogen-bond acceptors (Lipinski definition) is 3. The van der Waals surface area contributed by atoms with Crippen LogP contribution < -0.4 is 0 Å². The third kappa shape index (κ3) is 5.57. The Hall–Kier alpha value is -1.71. The van der Waals surface area contributed by atoms with Gasteiger partial charge >= 0.3 is 5.97 Å². The molecule has 98 valence electrons. The summed E-state index contributed by atoms with van der Waals surface area (Å²) in [6, 6.07) is 6.18. The fourth-order valence-electron chi connectivity index (χ4n) is 1.58. The second-order valence-corrected chi connectivity index (χ2v) is 3.97. The van der Waals surface area contributed by atoms with Gasteiger partial charge in [0.2, 0.25) is 0 Å². The lowest BCUT2D eigenvalue weighted by atomic mass is 10.1. The van der Waals surface area contributed by atoms with Crippen molar-refractivity contribution in [2.45, 2.75) is 32.6 Å². The van der Waals surface area contributed by atoms with E-state index in [-0.39, 0.29) is 30.4 Å². The maximum atomic E-state index is 12.9. The van der Waals surface area contributed by atoms with E-state index in [2.05, 4.69) is 0 Å². The Morgan fingerprint density at radius 2 is 2.00 bits per heavy atom. The van der Waals surface area contributed by atoms with Crippen LogP contribution in [0.15, 0.2) is 24.3 Å². The summed E-state index contributed by atoms with van der Waals surface area (Å²) >= 11 is 0. The van der Waals surface area contributed by atoms with E-state index in [1.807, 2.05) is 0 Å². The molecular weight excluding hydrogens is 235 g/mol. The maximum Gasteiger partial charge on any atom is 0.306 e. The zero-order valence-corrected chi connectivity index (χ0v) is 10.4. The molecule has 0 heterocycles. The van der Waals surface area contributed by atoms with E-state index in [9.17, 15) is 14.0 Å².